The van der Waals surface area contributed by atoms with Crippen molar-refractivity contribution in [1.29, 1.82) is 0 Å². The maximum atomic E-state index is 14.2. The summed E-state index contributed by atoms with van der Waals surface area (Å²) in [4.78, 5) is 239. The van der Waals surface area contributed by atoms with Gasteiger partial charge in [-0.1, -0.05) is 13.8 Å². The van der Waals surface area contributed by atoms with E-state index in [1.54, 1.807) is 13.8 Å². The van der Waals surface area contributed by atoms with Crippen LogP contribution in [0, 0.1) is 5.92 Å². The summed E-state index contributed by atoms with van der Waals surface area (Å²) in [6.45, 7) is 16.6. The Labute approximate surface area is 697 Å². The second kappa shape index (κ2) is 45.9. The maximum Gasteiger partial charge on any atom is 0.303 e. The Morgan fingerprint density at radius 2 is 0.451 bits per heavy atom. The zero-order chi connectivity index (χ0) is 91.3. The summed E-state index contributed by atoms with van der Waals surface area (Å²) in [5, 5.41) is 2.56. The number of carbonyl (C=O) groups is 18. The highest BCUT2D eigenvalue weighted by Gasteiger charge is 2.64. The maximum absolute atomic E-state index is 14.2. The highest BCUT2D eigenvalue weighted by atomic mass is 16.8. The standard InChI is InChI=1S/C75H105NO46/c1-27(2)53-61(105-39(14)87)63(107-41(16)89)58(47(113-53)22-95-30(5)78)118-73-68(111-45(20)93)65(109-43(18)91)59(51(117-73)26-99-34(9)82)119-74-69(112-46(21)94)66(57(104-38(13)86)50(115-74)25-98-33(8)81)121-71-52(76-29(4)77)60(55(102-36(11)84)48(114-71)23-96-31(6)79)120-75-70(64(108-42(17)90)56(103-37(12)85)49(116-75)24-97-32(7)80)122-72-67(110-44(19)92)62(106-40(15)88)54(28(3)100-72)101-35(10)83/h27-28,47-75H,22-26H2,1-21H3,(H,76,77)/t28?,47?,48?,49?,50?,51?,52?,53-,54-,55-,56-,57+,58+,59-,60+,61?,62?,63-,64-,65-,66-,67-,68?,69?,70?,71-,72-,73-,74+,75-/m0/s1. The molecule has 0 aromatic carbocycles. The van der Waals surface area contributed by atoms with Crippen molar-refractivity contribution in [2.75, 3.05) is 33.0 Å². The van der Waals surface area contributed by atoms with Crippen LogP contribution in [0.2, 0.25) is 0 Å². The van der Waals surface area contributed by atoms with Gasteiger partial charge in [-0.3, -0.25) is 86.3 Å². The largest absolute Gasteiger partial charge is 0.463 e. The molecule has 6 heterocycles. The molecule has 6 fully saturated rings. The SMILES string of the molecule is CC(=O)NC1[C@H](O[C@@H]2C(OC(C)=O)[C@@H](O[C@H]3C(COC(C)=O)O[C@@H](O[C@@H]4C(COC(C)=O)O[C@@H](C(C)C)C(OC(C)=O)[C@H]4OC(C)=O)C(OC(C)=O)[C@H]3OC(C)=O)OC(COC(C)=O)[C@H]2OC(C)=O)OC(COC(C)=O)[C@H](OC(C)=O)[C@@H]1O[C@@H]1OC(COC(C)=O)[C@H](OC(C)=O)[C@H](OC(C)=O)C1O[C@@H]1OC(C)[C@H](OC(C)=O)C(OC(C)=O)[C@@H]1OC(C)=O. The minimum atomic E-state index is -2.43. The lowest BCUT2D eigenvalue weighted by Crippen LogP contribution is -2.72. The van der Waals surface area contributed by atoms with E-state index >= 15 is 0 Å². The molecule has 47 nitrogen and oxygen atoms in total. The van der Waals surface area contributed by atoms with Gasteiger partial charge in [0, 0.05) is 125 Å². The van der Waals surface area contributed by atoms with Gasteiger partial charge in [0.2, 0.25) is 5.91 Å². The number of hydrogen-bond donors (Lipinski definition) is 1. The Morgan fingerprint density at radius 3 is 0.787 bits per heavy atom. The Kier molecular flexibility index (Phi) is 38.0. The second-order valence-corrected chi connectivity index (χ2v) is 28.9. The van der Waals surface area contributed by atoms with E-state index in [0.29, 0.717) is 0 Å². The summed E-state index contributed by atoms with van der Waals surface area (Å²) in [5.41, 5.74) is 0. The van der Waals surface area contributed by atoms with Gasteiger partial charge in [-0.15, -0.1) is 0 Å². The molecule has 0 aromatic heterocycles. The summed E-state index contributed by atoms with van der Waals surface area (Å²) in [7, 11) is 0. The van der Waals surface area contributed by atoms with Gasteiger partial charge in [-0.05, 0) is 12.8 Å². The van der Waals surface area contributed by atoms with Crippen molar-refractivity contribution in [3.63, 3.8) is 0 Å². The molecule has 47 heteroatoms. The predicted octanol–water partition coefficient (Wildman–Crippen LogP) is -1.52. The second-order valence-electron chi connectivity index (χ2n) is 28.9. The molecule has 0 aromatic rings. The number of amides is 1. The molecule has 6 aliphatic rings. The zero-order valence-corrected chi connectivity index (χ0v) is 70.7. The summed E-state index contributed by atoms with van der Waals surface area (Å²) in [6, 6.07) is -2.19. The molecule has 6 aliphatic heterocycles. The Balaban J connectivity index is 1.66. The number of nitrogens with one attached hydrogen (secondary N) is 1. The number of ether oxygens (including phenoxy) is 28. The summed E-state index contributed by atoms with van der Waals surface area (Å²) < 4.78 is 170. The van der Waals surface area contributed by atoms with Crippen LogP contribution in [-0.2, 0) is 219 Å². The van der Waals surface area contributed by atoms with Crippen LogP contribution in [0.4, 0.5) is 0 Å². The number of esters is 17. The van der Waals surface area contributed by atoms with E-state index < -0.39 is 330 Å². The monoisotopic (exact) mass is 1760 g/mol. The first-order valence-corrected chi connectivity index (χ1v) is 38.2. The molecule has 0 spiro atoms. The molecule has 0 bridgehead atoms. The van der Waals surface area contributed by atoms with Gasteiger partial charge in [0.1, 0.15) is 100 Å². The van der Waals surface area contributed by atoms with Gasteiger partial charge in [-0.25, -0.2) is 0 Å². The van der Waals surface area contributed by atoms with Crippen LogP contribution >= 0.6 is 0 Å². The van der Waals surface area contributed by atoms with E-state index in [2.05, 4.69) is 5.32 Å². The molecular weight excluding hydrogens is 1650 g/mol. The van der Waals surface area contributed by atoms with Crippen molar-refractivity contribution < 1.29 is 219 Å². The van der Waals surface area contributed by atoms with Gasteiger partial charge in [0.25, 0.3) is 0 Å². The minimum Gasteiger partial charge on any atom is -0.463 e. The fourth-order valence-corrected chi connectivity index (χ4v) is 14.1. The average molecular weight is 1760 g/mol. The first-order valence-electron chi connectivity index (χ1n) is 38.2. The predicted molar refractivity (Wildman–Crippen MR) is 384 cm³/mol. The van der Waals surface area contributed by atoms with Crippen LogP contribution in [0.1, 0.15) is 145 Å². The van der Waals surface area contributed by atoms with E-state index in [9.17, 15) is 86.3 Å². The Bertz CT molecular complexity index is 3750. The molecule has 6 rings (SSSR count). The molecule has 686 valence electrons. The van der Waals surface area contributed by atoms with Gasteiger partial charge in [0.05, 0.1) is 6.10 Å². The molecule has 0 radical (unpaired) electrons. The normalized spacial score (nSPS) is 33.6. The smallest absolute Gasteiger partial charge is 0.303 e. The van der Waals surface area contributed by atoms with Crippen molar-refractivity contribution in [2.45, 2.75) is 329 Å². The zero-order valence-electron chi connectivity index (χ0n) is 70.7. The van der Waals surface area contributed by atoms with Crippen LogP contribution in [-0.4, -0.2) is 324 Å². The van der Waals surface area contributed by atoms with Gasteiger partial charge in [-0.2, -0.15) is 0 Å². The first kappa shape index (κ1) is 101. The Morgan fingerprint density at radius 1 is 0.230 bits per heavy atom. The first-order chi connectivity index (χ1) is 57.0. The fourth-order valence-electron chi connectivity index (χ4n) is 14.1. The summed E-state index contributed by atoms with van der Waals surface area (Å²) in [5.74, 6) is -20.1. The van der Waals surface area contributed by atoms with Crippen LogP contribution in [0.3, 0.4) is 0 Å². The van der Waals surface area contributed by atoms with E-state index in [4.69, 9.17) is 133 Å². The highest BCUT2D eigenvalue weighted by molar-refractivity contribution is 5.74. The summed E-state index contributed by atoms with van der Waals surface area (Å²) >= 11 is 0. The molecule has 0 saturated carbocycles. The minimum absolute atomic E-state index is 0.569. The number of carbonyl (C=O) groups excluding carboxylic acids is 18. The molecule has 0 aliphatic carbocycles. The van der Waals surface area contributed by atoms with Crippen LogP contribution in [0.5, 0.6) is 0 Å². The van der Waals surface area contributed by atoms with Crippen LogP contribution in [0.25, 0.3) is 0 Å². The molecule has 122 heavy (non-hydrogen) atoms. The third kappa shape index (κ3) is 29.4. The lowest BCUT2D eigenvalue weighted by atomic mass is 9.88. The molecule has 1 N–H and O–H groups in total. The van der Waals surface area contributed by atoms with Gasteiger partial charge >= 0.3 is 101 Å². The molecule has 12 unspecified atom stereocenters. The topological polar surface area (TPSA) is 578 Å². The Hall–Kier alpha value is -9.98. The van der Waals surface area contributed by atoms with Crippen molar-refractivity contribution in [3.05, 3.63) is 0 Å². The lowest BCUT2D eigenvalue weighted by Gasteiger charge is -2.52. The molecule has 1 amide bonds. The third-order valence-electron chi connectivity index (χ3n) is 18.2. The van der Waals surface area contributed by atoms with Crippen LogP contribution < -0.4 is 5.32 Å². The van der Waals surface area contributed by atoms with Crippen molar-refractivity contribution in [3.8, 4) is 0 Å². The van der Waals surface area contributed by atoms with E-state index in [0.717, 1.165) is 125 Å². The molecule has 6 saturated heterocycles. The summed E-state index contributed by atoms with van der Waals surface area (Å²) in [6.07, 6.45) is -58.4. The van der Waals surface area contributed by atoms with E-state index in [-0.39, 0.29) is 0 Å². The van der Waals surface area contributed by atoms with Gasteiger partial charge < -0.3 is 138 Å². The number of rotatable bonds is 34. The van der Waals surface area contributed by atoms with Crippen molar-refractivity contribution in [2.24, 2.45) is 5.92 Å². The fraction of sp³-hybridized carbons (Fsp3) is 0.760. The van der Waals surface area contributed by atoms with Gasteiger partial charge in [0.15, 0.2) is 111 Å². The van der Waals surface area contributed by atoms with E-state index in [1.807, 2.05) is 0 Å². The third-order valence-corrected chi connectivity index (χ3v) is 18.2. The highest BCUT2D eigenvalue weighted by Crippen LogP contribution is 2.43. The lowest BCUT2D eigenvalue weighted by molar-refractivity contribution is -0.392. The van der Waals surface area contributed by atoms with E-state index in [1.165, 1.54) is 6.92 Å². The quantitative estimate of drug-likeness (QED) is 0.0565. The molecule has 30 atom stereocenters. The van der Waals surface area contributed by atoms with Crippen LogP contribution in [0.15, 0.2) is 0 Å². The van der Waals surface area contributed by atoms with Crippen molar-refractivity contribution >= 4 is 107 Å². The molecular formula is C75H105NO46. The number of hydrogen-bond acceptors (Lipinski definition) is 46. The van der Waals surface area contributed by atoms with Crippen molar-refractivity contribution in [1.82, 2.24) is 5.32 Å². The average Bonchev–Trinajstić information content (AvgIpc) is 0.754.